The van der Waals surface area contributed by atoms with E-state index in [0.717, 1.165) is 30.1 Å². The van der Waals surface area contributed by atoms with Crippen LogP contribution in [0.15, 0.2) is 42.5 Å². The van der Waals surface area contributed by atoms with Gasteiger partial charge in [-0.25, -0.2) is 4.39 Å². The van der Waals surface area contributed by atoms with E-state index < -0.39 is 0 Å². The number of nitrogens with one attached hydrogen (secondary N) is 1. The maximum atomic E-state index is 13.7. The third-order valence-electron chi connectivity index (χ3n) is 4.42. The van der Waals surface area contributed by atoms with Gasteiger partial charge in [0.05, 0.1) is 0 Å². The predicted molar refractivity (Wildman–Crippen MR) is 85.6 cm³/mol. The Kier molecular flexibility index (Phi) is 4.27. The Morgan fingerprint density at radius 1 is 1.10 bits per heavy atom. The Morgan fingerprint density at radius 3 is 2.62 bits per heavy atom. The Balaban J connectivity index is 1.98. The molecule has 1 nitrogen and oxygen atoms in total. The molecule has 21 heavy (non-hydrogen) atoms. The molecule has 2 atom stereocenters. The van der Waals surface area contributed by atoms with Gasteiger partial charge in [0.25, 0.3) is 0 Å². The summed E-state index contributed by atoms with van der Waals surface area (Å²) in [7, 11) is 0. The van der Waals surface area contributed by atoms with Crippen molar-refractivity contribution >= 4 is 11.6 Å². The first-order chi connectivity index (χ1) is 10.1. The monoisotopic (exact) mass is 303 g/mol. The molecule has 2 aromatic carbocycles. The van der Waals surface area contributed by atoms with Crippen LogP contribution >= 0.6 is 11.6 Å². The first-order valence-corrected chi connectivity index (χ1v) is 7.75. The van der Waals surface area contributed by atoms with E-state index in [0.29, 0.717) is 11.8 Å². The summed E-state index contributed by atoms with van der Waals surface area (Å²) in [6.07, 6.45) is 1.03. The van der Waals surface area contributed by atoms with Gasteiger partial charge < -0.3 is 5.32 Å². The van der Waals surface area contributed by atoms with Gasteiger partial charge >= 0.3 is 0 Å². The van der Waals surface area contributed by atoms with E-state index in [4.69, 9.17) is 11.6 Å². The fourth-order valence-electron chi connectivity index (χ4n) is 3.30. The van der Waals surface area contributed by atoms with Crippen LogP contribution in [0.2, 0.25) is 5.02 Å². The second-order valence-electron chi connectivity index (χ2n) is 5.76. The van der Waals surface area contributed by atoms with Crippen LogP contribution in [0.4, 0.5) is 4.39 Å². The molecule has 2 unspecified atom stereocenters. The van der Waals surface area contributed by atoms with Crippen LogP contribution in [0.5, 0.6) is 0 Å². The molecule has 3 heteroatoms. The normalized spacial score (nSPS) is 22.2. The van der Waals surface area contributed by atoms with Gasteiger partial charge in [-0.15, -0.1) is 0 Å². The van der Waals surface area contributed by atoms with E-state index in [2.05, 4.69) is 24.4 Å². The molecule has 0 amide bonds. The average molecular weight is 304 g/mol. The molecule has 1 heterocycles. The van der Waals surface area contributed by atoms with Crippen LogP contribution in [-0.2, 0) is 0 Å². The van der Waals surface area contributed by atoms with Crippen molar-refractivity contribution in [3.05, 3.63) is 70.0 Å². The van der Waals surface area contributed by atoms with Gasteiger partial charge in [-0.1, -0.05) is 29.8 Å². The van der Waals surface area contributed by atoms with Gasteiger partial charge in [0.1, 0.15) is 5.82 Å². The standard InChI is InChI=1S/C18H19ClFN/c1-12-2-7-15(20)10-17(12)16-8-9-21-11-18(16)13-3-5-14(19)6-4-13/h2-7,10,16,18,21H,8-9,11H2,1H3. The number of benzene rings is 2. The summed E-state index contributed by atoms with van der Waals surface area (Å²) in [5, 5.41) is 4.21. The molecule has 0 aromatic heterocycles. The number of halogens is 2. The summed E-state index contributed by atoms with van der Waals surface area (Å²) in [6, 6.07) is 13.2. The maximum absolute atomic E-state index is 13.7. The number of rotatable bonds is 2. The van der Waals surface area contributed by atoms with Crippen molar-refractivity contribution in [3.8, 4) is 0 Å². The lowest BCUT2D eigenvalue weighted by atomic mass is 9.76. The number of hydrogen-bond acceptors (Lipinski definition) is 1. The van der Waals surface area contributed by atoms with Crippen molar-refractivity contribution in [1.82, 2.24) is 5.32 Å². The van der Waals surface area contributed by atoms with Gasteiger partial charge in [-0.3, -0.25) is 0 Å². The van der Waals surface area contributed by atoms with Crippen LogP contribution in [0.3, 0.4) is 0 Å². The second kappa shape index (κ2) is 6.17. The molecular formula is C18H19ClFN. The smallest absolute Gasteiger partial charge is 0.123 e. The highest BCUT2D eigenvalue weighted by Crippen LogP contribution is 2.39. The quantitative estimate of drug-likeness (QED) is 0.851. The molecule has 0 radical (unpaired) electrons. The van der Waals surface area contributed by atoms with E-state index in [-0.39, 0.29) is 5.82 Å². The highest BCUT2D eigenvalue weighted by Gasteiger charge is 2.28. The van der Waals surface area contributed by atoms with Crippen LogP contribution < -0.4 is 5.32 Å². The topological polar surface area (TPSA) is 12.0 Å². The Morgan fingerprint density at radius 2 is 1.86 bits per heavy atom. The van der Waals surface area contributed by atoms with Crippen molar-refractivity contribution in [2.45, 2.75) is 25.2 Å². The van der Waals surface area contributed by atoms with Crippen molar-refractivity contribution < 1.29 is 4.39 Å². The largest absolute Gasteiger partial charge is 0.316 e. The molecule has 1 N–H and O–H groups in total. The molecule has 0 spiro atoms. The Labute approximate surface area is 130 Å². The molecule has 0 saturated carbocycles. The van der Waals surface area contributed by atoms with Crippen LogP contribution in [0.1, 0.15) is 34.9 Å². The Bertz CT molecular complexity index is 624. The van der Waals surface area contributed by atoms with Gasteiger partial charge in [-0.2, -0.15) is 0 Å². The minimum absolute atomic E-state index is 0.149. The van der Waals surface area contributed by atoms with Crippen LogP contribution in [0, 0.1) is 12.7 Å². The third-order valence-corrected chi connectivity index (χ3v) is 4.67. The first-order valence-electron chi connectivity index (χ1n) is 7.37. The molecule has 1 saturated heterocycles. The van der Waals surface area contributed by atoms with Gasteiger partial charge in [-0.05, 0) is 66.8 Å². The van der Waals surface area contributed by atoms with E-state index in [1.165, 1.54) is 17.2 Å². The molecule has 1 fully saturated rings. The molecule has 0 aliphatic carbocycles. The summed E-state index contributed by atoms with van der Waals surface area (Å²) in [5.74, 6) is 0.559. The van der Waals surface area contributed by atoms with Crippen molar-refractivity contribution in [3.63, 3.8) is 0 Å². The second-order valence-corrected chi connectivity index (χ2v) is 6.19. The highest BCUT2D eigenvalue weighted by molar-refractivity contribution is 6.30. The van der Waals surface area contributed by atoms with E-state index in [1.807, 2.05) is 18.2 Å². The van der Waals surface area contributed by atoms with Gasteiger partial charge in [0.15, 0.2) is 0 Å². The molecule has 1 aliphatic heterocycles. The molecule has 1 aliphatic rings. The highest BCUT2D eigenvalue weighted by atomic mass is 35.5. The number of hydrogen-bond donors (Lipinski definition) is 1. The SMILES string of the molecule is Cc1ccc(F)cc1C1CCNCC1c1ccc(Cl)cc1. The summed E-state index contributed by atoms with van der Waals surface area (Å²) in [6.45, 7) is 3.96. The van der Waals surface area contributed by atoms with E-state index in [1.54, 1.807) is 6.07 Å². The lowest BCUT2D eigenvalue weighted by Crippen LogP contribution is -2.34. The van der Waals surface area contributed by atoms with Crippen molar-refractivity contribution in [1.29, 1.82) is 0 Å². The lowest BCUT2D eigenvalue weighted by Gasteiger charge is -2.34. The molecule has 3 rings (SSSR count). The van der Waals surface area contributed by atoms with Crippen molar-refractivity contribution in [2.75, 3.05) is 13.1 Å². The number of piperidine rings is 1. The Hall–Kier alpha value is -1.38. The number of aryl methyl sites for hydroxylation is 1. The molecule has 110 valence electrons. The maximum Gasteiger partial charge on any atom is 0.123 e. The predicted octanol–water partition coefficient (Wildman–Crippen LogP) is 4.65. The van der Waals surface area contributed by atoms with E-state index in [9.17, 15) is 4.39 Å². The average Bonchev–Trinajstić information content (AvgIpc) is 2.51. The minimum Gasteiger partial charge on any atom is -0.316 e. The summed E-state index contributed by atoms with van der Waals surface area (Å²) in [4.78, 5) is 0. The first kappa shape index (κ1) is 14.6. The zero-order chi connectivity index (χ0) is 14.8. The third kappa shape index (κ3) is 3.12. The summed E-state index contributed by atoms with van der Waals surface area (Å²) < 4.78 is 13.7. The van der Waals surface area contributed by atoms with Gasteiger partial charge in [0, 0.05) is 17.5 Å². The van der Waals surface area contributed by atoms with Gasteiger partial charge in [0.2, 0.25) is 0 Å². The molecule has 0 bridgehead atoms. The minimum atomic E-state index is -0.149. The van der Waals surface area contributed by atoms with Crippen LogP contribution in [0.25, 0.3) is 0 Å². The molecular weight excluding hydrogens is 285 g/mol. The van der Waals surface area contributed by atoms with Crippen molar-refractivity contribution in [2.24, 2.45) is 0 Å². The lowest BCUT2D eigenvalue weighted by molar-refractivity contribution is 0.402. The molecule has 2 aromatic rings. The zero-order valence-electron chi connectivity index (χ0n) is 12.1. The van der Waals surface area contributed by atoms with Crippen LogP contribution in [-0.4, -0.2) is 13.1 Å². The van der Waals surface area contributed by atoms with E-state index >= 15 is 0 Å². The summed E-state index contributed by atoms with van der Waals surface area (Å²) >= 11 is 5.98. The summed E-state index contributed by atoms with van der Waals surface area (Å²) in [5.41, 5.74) is 3.57. The fraction of sp³-hybridized carbons (Fsp3) is 0.333. The fourth-order valence-corrected chi connectivity index (χ4v) is 3.43. The zero-order valence-corrected chi connectivity index (χ0v) is 12.8.